The Morgan fingerprint density at radius 3 is 2.76 bits per heavy atom. The number of esters is 1. The SMILES string of the molecule is COC(=O)C(C)(C)c1ccc2c(c1)ncn2C. The molecule has 0 amide bonds. The molecule has 0 saturated carbocycles. The normalized spacial score (nSPS) is 11.8. The Labute approximate surface area is 100 Å². The summed E-state index contributed by atoms with van der Waals surface area (Å²) in [6.45, 7) is 3.70. The minimum absolute atomic E-state index is 0.243. The lowest BCUT2D eigenvalue weighted by molar-refractivity contribution is -0.146. The van der Waals surface area contributed by atoms with Crippen LogP contribution in [-0.2, 0) is 22.0 Å². The summed E-state index contributed by atoms with van der Waals surface area (Å²) in [5.41, 5.74) is 2.20. The molecule has 0 aliphatic rings. The predicted molar refractivity (Wildman–Crippen MR) is 65.8 cm³/mol. The largest absolute Gasteiger partial charge is 0.468 e. The van der Waals surface area contributed by atoms with Crippen LogP contribution in [0.15, 0.2) is 24.5 Å². The number of aryl methyl sites for hydroxylation is 1. The number of methoxy groups -OCH3 is 1. The van der Waals surface area contributed by atoms with Gasteiger partial charge in [-0.15, -0.1) is 0 Å². The molecule has 0 atom stereocenters. The topological polar surface area (TPSA) is 44.1 Å². The van der Waals surface area contributed by atoms with Gasteiger partial charge < -0.3 is 9.30 Å². The molecule has 2 rings (SSSR count). The van der Waals surface area contributed by atoms with Crippen molar-refractivity contribution in [3.05, 3.63) is 30.1 Å². The number of hydrogen-bond acceptors (Lipinski definition) is 3. The first-order valence-electron chi connectivity index (χ1n) is 5.47. The van der Waals surface area contributed by atoms with Gasteiger partial charge in [-0.2, -0.15) is 0 Å². The van der Waals surface area contributed by atoms with Crippen LogP contribution in [0.1, 0.15) is 19.4 Å². The number of imidazole rings is 1. The Morgan fingerprint density at radius 1 is 1.41 bits per heavy atom. The number of benzene rings is 1. The van der Waals surface area contributed by atoms with Gasteiger partial charge in [0.2, 0.25) is 0 Å². The van der Waals surface area contributed by atoms with E-state index in [1.54, 1.807) is 6.33 Å². The van der Waals surface area contributed by atoms with Crippen LogP contribution in [-0.4, -0.2) is 22.6 Å². The highest BCUT2D eigenvalue weighted by atomic mass is 16.5. The number of rotatable bonds is 2. The maximum absolute atomic E-state index is 11.7. The average molecular weight is 232 g/mol. The molecule has 2 aromatic rings. The van der Waals surface area contributed by atoms with Crippen molar-refractivity contribution in [3.8, 4) is 0 Å². The number of aromatic nitrogens is 2. The lowest BCUT2D eigenvalue weighted by Gasteiger charge is -2.21. The summed E-state index contributed by atoms with van der Waals surface area (Å²) >= 11 is 0. The zero-order valence-electron chi connectivity index (χ0n) is 10.5. The molecule has 1 heterocycles. The van der Waals surface area contributed by atoms with E-state index < -0.39 is 5.41 Å². The van der Waals surface area contributed by atoms with Gasteiger partial charge in [-0.1, -0.05) is 6.07 Å². The van der Waals surface area contributed by atoms with E-state index in [1.807, 2.05) is 43.7 Å². The molecule has 1 aromatic heterocycles. The summed E-state index contributed by atoms with van der Waals surface area (Å²) in [7, 11) is 3.35. The first-order chi connectivity index (χ1) is 7.96. The summed E-state index contributed by atoms with van der Waals surface area (Å²) in [4.78, 5) is 16.0. The number of nitrogens with zero attached hydrogens (tertiary/aromatic N) is 2. The second-order valence-corrected chi connectivity index (χ2v) is 4.68. The van der Waals surface area contributed by atoms with E-state index in [9.17, 15) is 4.79 Å². The van der Waals surface area contributed by atoms with E-state index in [2.05, 4.69) is 4.98 Å². The molecule has 0 bridgehead atoms. The monoisotopic (exact) mass is 232 g/mol. The average Bonchev–Trinajstić information content (AvgIpc) is 2.69. The molecular formula is C13H16N2O2. The number of carbonyl (C=O) groups is 1. The molecule has 0 N–H and O–H groups in total. The lowest BCUT2D eigenvalue weighted by Crippen LogP contribution is -2.30. The standard InChI is InChI=1S/C13H16N2O2/c1-13(2,12(16)17-4)9-5-6-11-10(7-9)14-8-15(11)3/h5-8H,1-4H3. The van der Waals surface area contributed by atoms with E-state index in [4.69, 9.17) is 4.74 Å². The smallest absolute Gasteiger partial charge is 0.315 e. The molecule has 0 saturated heterocycles. The van der Waals surface area contributed by atoms with Crippen LogP contribution in [0.2, 0.25) is 0 Å². The fourth-order valence-electron chi connectivity index (χ4n) is 1.90. The number of carbonyl (C=O) groups excluding carboxylic acids is 1. The second kappa shape index (κ2) is 3.87. The molecule has 90 valence electrons. The van der Waals surface area contributed by atoms with Crippen LogP contribution in [0, 0.1) is 0 Å². The number of hydrogen-bond donors (Lipinski definition) is 0. The molecule has 4 nitrogen and oxygen atoms in total. The van der Waals surface area contributed by atoms with E-state index in [0.29, 0.717) is 0 Å². The minimum atomic E-state index is -0.652. The Morgan fingerprint density at radius 2 is 2.12 bits per heavy atom. The summed E-state index contributed by atoms with van der Waals surface area (Å²) in [5, 5.41) is 0. The third-order valence-electron chi connectivity index (χ3n) is 3.14. The Hall–Kier alpha value is -1.84. The zero-order chi connectivity index (χ0) is 12.6. The van der Waals surface area contributed by atoms with Crippen molar-refractivity contribution in [3.63, 3.8) is 0 Å². The Balaban J connectivity index is 2.53. The number of fused-ring (bicyclic) bond motifs is 1. The molecule has 4 heteroatoms. The van der Waals surface area contributed by atoms with Crippen molar-refractivity contribution < 1.29 is 9.53 Å². The number of ether oxygens (including phenoxy) is 1. The molecule has 0 unspecified atom stereocenters. The highest BCUT2D eigenvalue weighted by Crippen LogP contribution is 2.27. The van der Waals surface area contributed by atoms with Crippen molar-refractivity contribution in [2.24, 2.45) is 7.05 Å². The second-order valence-electron chi connectivity index (χ2n) is 4.68. The Kier molecular flexibility index (Phi) is 2.65. The van der Waals surface area contributed by atoms with E-state index in [1.165, 1.54) is 7.11 Å². The van der Waals surface area contributed by atoms with Crippen molar-refractivity contribution in [2.45, 2.75) is 19.3 Å². The zero-order valence-corrected chi connectivity index (χ0v) is 10.5. The molecule has 0 spiro atoms. The summed E-state index contributed by atoms with van der Waals surface area (Å²) in [6.07, 6.45) is 1.76. The fraction of sp³-hybridized carbons (Fsp3) is 0.385. The van der Waals surface area contributed by atoms with Crippen molar-refractivity contribution in [1.82, 2.24) is 9.55 Å². The van der Waals surface area contributed by atoms with E-state index >= 15 is 0 Å². The van der Waals surface area contributed by atoms with Crippen LogP contribution in [0.5, 0.6) is 0 Å². The van der Waals surface area contributed by atoms with Crippen LogP contribution in [0.25, 0.3) is 11.0 Å². The van der Waals surface area contributed by atoms with Gasteiger partial charge >= 0.3 is 5.97 Å². The molecular weight excluding hydrogens is 216 g/mol. The third kappa shape index (κ3) is 1.79. The first-order valence-corrected chi connectivity index (χ1v) is 5.47. The first kappa shape index (κ1) is 11.6. The van der Waals surface area contributed by atoms with Gasteiger partial charge in [-0.05, 0) is 31.5 Å². The summed E-state index contributed by atoms with van der Waals surface area (Å²) in [5.74, 6) is -0.243. The van der Waals surface area contributed by atoms with Crippen molar-refractivity contribution in [2.75, 3.05) is 7.11 Å². The summed E-state index contributed by atoms with van der Waals surface area (Å²) < 4.78 is 6.77. The molecule has 17 heavy (non-hydrogen) atoms. The van der Waals surface area contributed by atoms with E-state index in [0.717, 1.165) is 16.6 Å². The van der Waals surface area contributed by atoms with Gasteiger partial charge in [0.25, 0.3) is 0 Å². The van der Waals surface area contributed by atoms with Gasteiger partial charge in [0.05, 0.1) is 29.9 Å². The highest BCUT2D eigenvalue weighted by Gasteiger charge is 2.31. The van der Waals surface area contributed by atoms with E-state index in [-0.39, 0.29) is 5.97 Å². The van der Waals surface area contributed by atoms with Crippen molar-refractivity contribution in [1.29, 1.82) is 0 Å². The maximum atomic E-state index is 11.7. The molecule has 0 aliphatic heterocycles. The van der Waals surface area contributed by atoms with Gasteiger partial charge in [-0.25, -0.2) is 4.98 Å². The van der Waals surface area contributed by atoms with Crippen LogP contribution in [0.4, 0.5) is 0 Å². The van der Waals surface area contributed by atoms with Crippen LogP contribution in [0.3, 0.4) is 0 Å². The molecule has 0 aliphatic carbocycles. The van der Waals surface area contributed by atoms with Gasteiger partial charge in [0.15, 0.2) is 0 Å². The molecule has 0 fully saturated rings. The van der Waals surface area contributed by atoms with Crippen molar-refractivity contribution >= 4 is 17.0 Å². The third-order valence-corrected chi connectivity index (χ3v) is 3.14. The fourth-order valence-corrected chi connectivity index (χ4v) is 1.90. The maximum Gasteiger partial charge on any atom is 0.315 e. The highest BCUT2D eigenvalue weighted by molar-refractivity contribution is 5.85. The quantitative estimate of drug-likeness (QED) is 0.744. The van der Waals surface area contributed by atoms with Gasteiger partial charge in [0.1, 0.15) is 0 Å². The minimum Gasteiger partial charge on any atom is -0.468 e. The lowest BCUT2D eigenvalue weighted by atomic mass is 9.84. The summed E-state index contributed by atoms with van der Waals surface area (Å²) in [6, 6.07) is 5.86. The van der Waals surface area contributed by atoms with Gasteiger partial charge in [-0.3, -0.25) is 4.79 Å². The predicted octanol–water partition coefficient (Wildman–Crippen LogP) is 2.02. The molecule has 0 radical (unpaired) electrons. The van der Waals surface area contributed by atoms with Gasteiger partial charge in [0, 0.05) is 7.05 Å². The van der Waals surface area contributed by atoms with Crippen LogP contribution >= 0.6 is 0 Å². The molecule has 1 aromatic carbocycles. The Bertz CT molecular complexity index is 570. The van der Waals surface area contributed by atoms with Crippen LogP contribution < -0.4 is 0 Å².